The average Bonchev–Trinajstić information content (AvgIpc) is 2.35. The normalized spacial score (nSPS) is 12.1. The molecule has 0 aliphatic rings. The fourth-order valence-electron chi connectivity index (χ4n) is 1.40. The molecule has 0 saturated carbocycles. The molecule has 0 atom stereocenters. The van der Waals surface area contributed by atoms with E-state index in [4.69, 9.17) is 10.4 Å². The van der Waals surface area contributed by atoms with Crippen molar-refractivity contribution in [1.82, 2.24) is 9.29 Å². The van der Waals surface area contributed by atoms with Gasteiger partial charge < -0.3 is 5.11 Å². The van der Waals surface area contributed by atoms with E-state index >= 15 is 0 Å². The van der Waals surface area contributed by atoms with Crippen molar-refractivity contribution in [3.05, 3.63) is 24.0 Å². The number of carbonyl (C=O) groups is 1. The molecule has 0 radical (unpaired) electrons. The van der Waals surface area contributed by atoms with Gasteiger partial charge in [-0.05, 0) is 12.1 Å². The van der Waals surface area contributed by atoms with Gasteiger partial charge in [-0.3, -0.25) is 4.79 Å². The van der Waals surface area contributed by atoms with Gasteiger partial charge in [-0.2, -0.15) is 22.7 Å². The Morgan fingerprint density at radius 3 is 2.57 bits per heavy atom. The summed E-state index contributed by atoms with van der Waals surface area (Å²) in [6, 6.07) is 3.42. The number of nitriles is 1. The number of pyridine rings is 1. The summed E-state index contributed by atoms with van der Waals surface area (Å²) < 4.78 is 61.1. The first-order valence-electron chi connectivity index (χ1n) is 5.22. The first kappa shape index (κ1) is 16.9. The fourth-order valence-corrected chi connectivity index (χ4v) is 2.87. The van der Waals surface area contributed by atoms with E-state index in [2.05, 4.69) is 4.98 Å². The van der Waals surface area contributed by atoms with Gasteiger partial charge in [0.05, 0.1) is 0 Å². The Labute approximate surface area is 117 Å². The Kier molecular flexibility index (Phi) is 4.87. The number of rotatable bonds is 5. The molecular formula is C10H8F3N3O4S. The van der Waals surface area contributed by atoms with E-state index in [0.29, 0.717) is 0 Å². The number of hydrogen-bond donors (Lipinski definition) is 1. The van der Waals surface area contributed by atoms with E-state index in [1.165, 1.54) is 6.07 Å². The van der Waals surface area contributed by atoms with Gasteiger partial charge in [-0.25, -0.2) is 13.4 Å². The quantitative estimate of drug-likeness (QED) is 0.849. The third kappa shape index (κ3) is 4.40. The zero-order valence-corrected chi connectivity index (χ0v) is 11.0. The SMILES string of the molecule is N#Cc1ncccc1S(=O)(=O)N(CC(=O)O)CC(F)(F)F. The monoisotopic (exact) mass is 323 g/mol. The summed E-state index contributed by atoms with van der Waals surface area (Å²) >= 11 is 0. The zero-order valence-electron chi connectivity index (χ0n) is 10.2. The van der Waals surface area contributed by atoms with E-state index in [9.17, 15) is 26.4 Å². The number of aromatic nitrogens is 1. The van der Waals surface area contributed by atoms with Crippen LogP contribution >= 0.6 is 0 Å². The fraction of sp³-hybridized carbons (Fsp3) is 0.300. The first-order valence-corrected chi connectivity index (χ1v) is 6.66. The molecule has 0 aliphatic carbocycles. The average molecular weight is 323 g/mol. The van der Waals surface area contributed by atoms with Crippen LogP contribution in [0.3, 0.4) is 0 Å². The van der Waals surface area contributed by atoms with Crippen molar-refractivity contribution in [3.8, 4) is 6.07 Å². The molecule has 0 aromatic carbocycles. The lowest BCUT2D eigenvalue weighted by molar-refractivity contribution is -0.146. The van der Waals surface area contributed by atoms with Crippen molar-refractivity contribution < 1.29 is 31.5 Å². The molecule has 7 nitrogen and oxygen atoms in total. The molecule has 21 heavy (non-hydrogen) atoms. The van der Waals surface area contributed by atoms with Crippen LogP contribution in [-0.4, -0.2) is 48.0 Å². The molecule has 1 aromatic heterocycles. The molecule has 0 spiro atoms. The summed E-state index contributed by atoms with van der Waals surface area (Å²) in [5.74, 6) is -1.76. The van der Waals surface area contributed by atoms with Crippen LogP contribution < -0.4 is 0 Å². The van der Waals surface area contributed by atoms with E-state index in [0.717, 1.165) is 18.3 Å². The van der Waals surface area contributed by atoms with Gasteiger partial charge in [-0.1, -0.05) is 0 Å². The smallest absolute Gasteiger partial charge is 0.402 e. The molecule has 0 saturated heterocycles. The lowest BCUT2D eigenvalue weighted by Crippen LogP contribution is -2.42. The highest BCUT2D eigenvalue weighted by atomic mass is 32.2. The van der Waals surface area contributed by atoms with Crippen LogP contribution in [0.1, 0.15) is 5.69 Å². The van der Waals surface area contributed by atoms with Crippen molar-refractivity contribution in [2.24, 2.45) is 0 Å². The maximum absolute atomic E-state index is 12.4. The Morgan fingerprint density at radius 2 is 2.10 bits per heavy atom. The lowest BCUT2D eigenvalue weighted by Gasteiger charge is -2.21. The van der Waals surface area contributed by atoms with Crippen molar-refractivity contribution in [2.45, 2.75) is 11.1 Å². The number of sulfonamides is 1. The molecule has 1 heterocycles. The number of carboxylic acid groups (broad SMARTS) is 1. The number of aliphatic carboxylic acids is 1. The molecular weight excluding hydrogens is 315 g/mol. The minimum absolute atomic E-state index is 0.271. The molecule has 1 rings (SSSR count). The Balaban J connectivity index is 3.34. The van der Waals surface area contributed by atoms with Gasteiger partial charge in [-0.15, -0.1) is 0 Å². The second-order valence-electron chi connectivity index (χ2n) is 3.74. The minimum Gasteiger partial charge on any atom is -0.480 e. The molecule has 11 heteroatoms. The van der Waals surface area contributed by atoms with Crippen molar-refractivity contribution in [2.75, 3.05) is 13.1 Å². The molecule has 0 bridgehead atoms. The minimum atomic E-state index is -4.93. The molecule has 1 N–H and O–H groups in total. The van der Waals surface area contributed by atoms with Crippen LogP contribution in [0.2, 0.25) is 0 Å². The predicted molar refractivity (Wildman–Crippen MR) is 61.4 cm³/mol. The molecule has 114 valence electrons. The number of carboxylic acids is 1. The van der Waals surface area contributed by atoms with E-state index in [-0.39, 0.29) is 4.31 Å². The maximum atomic E-state index is 12.4. The van der Waals surface area contributed by atoms with Gasteiger partial charge in [0, 0.05) is 6.20 Å². The van der Waals surface area contributed by atoms with Gasteiger partial charge in [0.15, 0.2) is 5.69 Å². The van der Waals surface area contributed by atoms with Crippen LogP contribution in [0.25, 0.3) is 0 Å². The largest absolute Gasteiger partial charge is 0.480 e. The highest BCUT2D eigenvalue weighted by Gasteiger charge is 2.39. The van der Waals surface area contributed by atoms with E-state index in [1.807, 2.05) is 0 Å². The third-order valence-electron chi connectivity index (χ3n) is 2.16. The van der Waals surface area contributed by atoms with Crippen LogP contribution in [-0.2, 0) is 14.8 Å². The molecule has 0 fully saturated rings. The summed E-state index contributed by atoms with van der Waals surface area (Å²) in [6.07, 6.45) is -3.85. The highest BCUT2D eigenvalue weighted by Crippen LogP contribution is 2.23. The van der Waals surface area contributed by atoms with Crippen molar-refractivity contribution in [1.29, 1.82) is 5.26 Å². The van der Waals surface area contributed by atoms with Crippen LogP contribution in [0.15, 0.2) is 23.2 Å². The number of hydrogen-bond acceptors (Lipinski definition) is 5. The molecule has 0 unspecified atom stereocenters. The first-order chi connectivity index (χ1) is 9.58. The summed E-state index contributed by atoms with van der Waals surface area (Å²) in [7, 11) is -4.82. The Bertz CT molecular complexity index is 682. The van der Waals surface area contributed by atoms with Gasteiger partial charge >= 0.3 is 12.1 Å². The van der Waals surface area contributed by atoms with Gasteiger partial charge in [0.2, 0.25) is 10.0 Å². The second-order valence-corrected chi connectivity index (χ2v) is 5.65. The van der Waals surface area contributed by atoms with Crippen molar-refractivity contribution in [3.63, 3.8) is 0 Å². The van der Waals surface area contributed by atoms with Crippen LogP contribution in [0.4, 0.5) is 13.2 Å². The van der Waals surface area contributed by atoms with Crippen LogP contribution in [0, 0.1) is 11.3 Å². The van der Waals surface area contributed by atoms with Gasteiger partial charge in [0.25, 0.3) is 0 Å². The summed E-state index contributed by atoms with van der Waals surface area (Å²) in [4.78, 5) is 13.2. The molecule has 0 aliphatic heterocycles. The molecule has 0 amide bonds. The molecule has 1 aromatic rings. The maximum Gasteiger partial charge on any atom is 0.402 e. The number of halogens is 3. The van der Waals surface area contributed by atoms with E-state index in [1.54, 1.807) is 0 Å². The summed E-state index contributed by atoms with van der Waals surface area (Å²) in [6.45, 7) is -3.37. The highest BCUT2D eigenvalue weighted by molar-refractivity contribution is 7.89. The predicted octanol–water partition coefficient (Wildman–Crippen LogP) is 0.591. The summed E-state index contributed by atoms with van der Waals surface area (Å²) in [5, 5.41) is 17.3. The Morgan fingerprint density at radius 1 is 1.48 bits per heavy atom. The standard InChI is InChI=1S/C10H8F3N3O4S/c11-10(12,13)6-16(5-9(17)18)21(19,20)8-2-1-3-15-7(8)4-14/h1-3H,5-6H2,(H,17,18). The summed E-state index contributed by atoms with van der Waals surface area (Å²) in [5.41, 5.74) is -0.616. The van der Waals surface area contributed by atoms with Crippen molar-refractivity contribution >= 4 is 16.0 Å². The number of alkyl halides is 3. The zero-order chi connectivity index (χ0) is 16.3. The second kappa shape index (κ2) is 6.06. The number of nitrogens with zero attached hydrogens (tertiary/aromatic N) is 3. The van der Waals surface area contributed by atoms with Gasteiger partial charge in [0.1, 0.15) is 24.1 Å². The van der Waals surface area contributed by atoms with Crippen LogP contribution in [0.5, 0.6) is 0 Å². The Hall–Kier alpha value is -2.19. The van der Waals surface area contributed by atoms with E-state index < -0.39 is 45.8 Å². The lowest BCUT2D eigenvalue weighted by atomic mass is 10.4. The third-order valence-corrected chi connectivity index (χ3v) is 3.98. The topological polar surface area (TPSA) is 111 Å².